The Bertz CT molecular complexity index is 563. The van der Waals surface area contributed by atoms with Crippen LogP contribution in [0.4, 0.5) is 4.39 Å². The van der Waals surface area contributed by atoms with Crippen LogP contribution >= 0.6 is 0 Å². The van der Waals surface area contributed by atoms with Gasteiger partial charge in [0.05, 0.1) is 11.3 Å². The number of aromatic nitrogens is 1. The van der Waals surface area contributed by atoms with Gasteiger partial charge in [0.25, 0.3) is 5.91 Å². The number of benzene rings is 1. The molecule has 0 aliphatic carbocycles. The van der Waals surface area contributed by atoms with Gasteiger partial charge in [-0.3, -0.25) is 4.79 Å². The van der Waals surface area contributed by atoms with E-state index < -0.39 is 5.82 Å². The van der Waals surface area contributed by atoms with Gasteiger partial charge in [0.2, 0.25) is 0 Å². The summed E-state index contributed by atoms with van der Waals surface area (Å²) in [5.41, 5.74) is 0.923. The van der Waals surface area contributed by atoms with E-state index in [9.17, 15) is 9.18 Å². The van der Waals surface area contributed by atoms with E-state index in [4.69, 9.17) is 4.52 Å². The Labute approximate surface area is 97.4 Å². The molecule has 0 atom stereocenters. The standard InChI is InChI=1S/C12H11FN2O2/c1-7-10(12(16)14-2)11(17-15-7)8-5-3-4-6-9(8)13/h3-6H,1-2H3,(H,14,16). The molecule has 1 aromatic heterocycles. The third kappa shape index (κ3) is 1.91. The van der Waals surface area contributed by atoms with E-state index in [2.05, 4.69) is 10.5 Å². The molecule has 2 aromatic rings. The van der Waals surface area contributed by atoms with Crippen molar-refractivity contribution in [2.75, 3.05) is 7.05 Å². The van der Waals surface area contributed by atoms with E-state index in [1.807, 2.05) is 0 Å². The minimum atomic E-state index is -0.450. The molecule has 0 unspecified atom stereocenters. The molecule has 1 heterocycles. The number of rotatable bonds is 2. The monoisotopic (exact) mass is 234 g/mol. The predicted molar refractivity (Wildman–Crippen MR) is 60.0 cm³/mol. The van der Waals surface area contributed by atoms with E-state index in [-0.39, 0.29) is 22.8 Å². The van der Waals surface area contributed by atoms with Crippen LogP contribution in [0, 0.1) is 12.7 Å². The van der Waals surface area contributed by atoms with Crippen molar-refractivity contribution in [3.05, 3.63) is 41.3 Å². The fraction of sp³-hybridized carbons (Fsp3) is 0.167. The summed E-state index contributed by atoms with van der Waals surface area (Å²) < 4.78 is 18.6. The lowest BCUT2D eigenvalue weighted by Crippen LogP contribution is -2.19. The highest BCUT2D eigenvalue weighted by Crippen LogP contribution is 2.28. The number of hydrogen-bond acceptors (Lipinski definition) is 3. The molecular weight excluding hydrogens is 223 g/mol. The lowest BCUT2D eigenvalue weighted by atomic mass is 10.1. The topological polar surface area (TPSA) is 55.1 Å². The summed E-state index contributed by atoms with van der Waals surface area (Å²) in [6.45, 7) is 1.64. The lowest BCUT2D eigenvalue weighted by Gasteiger charge is -2.02. The van der Waals surface area contributed by atoms with Crippen molar-refractivity contribution in [2.24, 2.45) is 0 Å². The Morgan fingerprint density at radius 2 is 2.12 bits per heavy atom. The normalized spacial score (nSPS) is 10.3. The Morgan fingerprint density at radius 1 is 1.41 bits per heavy atom. The van der Waals surface area contributed by atoms with Crippen molar-refractivity contribution in [1.29, 1.82) is 0 Å². The molecular formula is C12H11FN2O2. The zero-order chi connectivity index (χ0) is 12.4. The summed E-state index contributed by atoms with van der Waals surface area (Å²) in [5, 5.41) is 6.18. The van der Waals surface area contributed by atoms with Crippen LogP contribution in [-0.4, -0.2) is 18.1 Å². The summed E-state index contributed by atoms with van der Waals surface area (Å²) >= 11 is 0. The average Bonchev–Trinajstić information content (AvgIpc) is 2.71. The van der Waals surface area contributed by atoms with Crippen LogP contribution in [-0.2, 0) is 0 Å². The van der Waals surface area contributed by atoms with Crippen LogP contribution in [0.15, 0.2) is 28.8 Å². The first-order valence-electron chi connectivity index (χ1n) is 5.08. The van der Waals surface area contributed by atoms with E-state index >= 15 is 0 Å². The molecule has 1 amide bonds. The summed E-state index contributed by atoms with van der Waals surface area (Å²) in [4.78, 5) is 11.7. The molecule has 0 spiro atoms. The van der Waals surface area contributed by atoms with Gasteiger partial charge < -0.3 is 9.84 Å². The Hall–Kier alpha value is -2.17. The first-order valence-corrected chi connectivity index (χ1v) is 5.08. The first-order chi connectivity index (χ1) is 8.15. The third-order valence-electron chi connectivity index (χ3n) is 2.44. The number of nitrogens with one attached hydrogen (secondary N) is 1. The van der Waals surface area contributed by atoms with Crippen LogP contribution in [0.2, 0.25) is 0 Å². The van der Waals surface area contributed by atoms with E-state index in [0.29, 0.717) is 5.69 Å². The maximum absolute atomic E-state index is 13.6. The number of aryl methyl sites for hydroxylation is 1. The number of carbonyl (C=O) groups excluding carboxylic acids is 1. The summed E-state index contributed by atoms with van der Waals surface area (Å²) in [6.07, 6.45) is 0. The predicted octanol–water partition coefficient (Wildman–Crippen LogP) is 2.15. The fourth-order valence-corrected chi connectivity index (χ4v) is 1.59. The number of amides is 1. The number of halogens is 1. The molecule has 4 nitrogen and oxygen atoms in total. The van der Waals surface area contributed by atoms with Gasteiger partial charge in [0, 0.05) is 7.05 Å². The smallest absolute Gasteiger partial charge is 0.256 e. The molecule has 5 heteroatoms. The summed E-state index contributed by atoms with van der Waals surface area (Å²) in [5.74, 6) is -0.643. The fourth-order valence-electron chi connectivity index (χ4n) is 1.59. The number of hydrogen-bond donors (Lipinski definition) is 1. The van der Waals surface area contributed by atoms with Crippen LogP contribution in [0.25, 0.3) is 11.3 Å². The van der Waals surface area contributed by atoms with Gasteiger partial charge >= 0.3 is 0 Å². The molecule has 0 aliphatic heterocycles. The molecule has 0 saturated heterocycles. The molecule has 1 N–H and O–H groups in total. The molecule has 1 aromatic carbocycles. The van der Waals surface area contributed by atoms with Gasteiger partial charge in [-0.1, -0.05) is 17.3 Å². The highest BCUT2D eigenvalue weighted by atomic mass is 19.1. The second-order valence-electron chi connectivity index (χ2n) is 3.53. The SMILES string of the molecule is CNC(=O)c1c(C)noc1-c1ccccc1F. The van der Waals surface area contributed by atoms with Crippen molar-refractivity contribution >= 4 is 5.91 Å². The van der Waals surface area contributed by atoms with Gasteiger partial charge in [-0.25, -0.2) is 4.39 Å². The van der Waals surface area contributed by atoms with Crippen LogP contribution in [0.1, 0.15) is 16.1 Å². The van der Waals surface area contributed by atoms with Gasteiger partial charge in [0.1, 0.15) is 11.4 Å². The quantitative estimate of drug-likeness (QED) is 0.866. The molecule has 0 aliphatic rings. The van der Waals surface area contributed by atoms with Crippen LogP contribution in [0.3, 0.4) is 0 Å². The van der Waals surface area contributed by atoms with Crippen molar-refractivity contribution in [1.82, 2.24) is 10.5 Å². The van der Waals surface area contributed by atoms with Crippen LogP contribution < -0.4 is 5.32 Å². The Kier molecular flexibility index (Phi) is 2.91. The van der Waals surface area contributed by atoms with Crippen molar-refractivity contribution in [3.8, 4) is 11.3 Å². The van der Waals surface area contributed by atoms with Gasteiger partial charge in [-0.05, 0) is 19.1 Å². The summed E-state index contributed by atoms with van der Waals surface area (Å²) in [6, 6.07) is 6.09. The van der Waals surface area contributed by atoms with Crippen molar-refractivity contribution in [3.63, 3.8) is 0 Å². The maximum atomic E-state index is 13.6. The molecule has 0 fully saturated rings. The Morgan fingerprint density at radius 3 is 2.76 bits per heavy atom. The van der Waals surface area contributed by atoms with Crippen molar-refractivity contribution in [2.45, 2.75) is 6.92 Å². The highest BCUT2D eigenvalue weighted by Gasteiger charge is 2.22. The largest absolute Gasteiger partial charge is 0.355 e. The molecule has 2 rings (SSSR count). The highest BCUT2D eigenvalue weighted by molar-refractivity contribution is 6.00. The van der Waals surface area contributed by atoms with Crippen LogP contribution in [0.5, 0.6) is 0 Å². The summed E-state index contributed by atoms with van der Waals surface area (Å²) in [7, 11) is 1.50. The molecule has 0 saturated carbocycles. The van der Waals surface area contributed by atoms with Gasteiger partial charge in [-0.2, -0.15) is 0 Å². The average molecular weight is 234 g/mol. The lowest BCUT2D eigenvalue weighted by molar-refractivity contribution is 0.0963. The van der Waals surface area contributed by atoms with Crippen molar-refractivity contribution < 1.29 is 13.7 Å². The van der Waals surface area contributed by atoms with E-state index in [1.54, 1.807) is 25.1 Å². The molecule has 88 valence electrons. The zero-order valence-electron chi connectivity index (χ0n) is 9.45. The second-order valence-corrected chi connectivity index (χ2v) is 3.53. The van der Waals surface area contributed by atoms with Gasteiger partial charge in [0.15, 0.2) is 5.76 Å². The number of carbonyl (C=O) groups is 1. The molecule has 0 bridgehead atoms. The first kappa shape index (κ1) is 11.3. The maximum Gasteiger partial charge on any atom is 0.256 e. The number of nitrogens with zero attached hydrogens (tertiary/aromatic N) is 1. The minimum absolute atomic E-state index is 0.153. The zero-order valence-corrected chi connectivity index (χ0v) is 9.45. The Balaban J connectivity index is 2.61. The van der Waals surface area contributed by atoms with Gasteiger partial charge in [-0.15, -0.1) is 0 Å². The second kappa shape index (κ2) is 4.37. The third-order valence-corrected chi connectivity index (χ3v) is 2.44. The molecule has 17 heavy (non-hydrogen) atoms. The van der Waals surface area contributed by atoms with E-state index in [0.717, 1.165) is 0 Å². The van der Waals surface area contributed by atoms with E-state index in [1.165, 1.54) is 13.1 Å². The minimum Gasteiger partial charge on any atom is -0.355 e. The molecule has 0 radical (unpaired) electrons.